The third kappa shape index (κ3) is 2.07. The first-order chi connectivity index (χ1) is 10.8. The molecule has 2 aromatic carbocycles. The Labute approximate surface area is 128 Å². The van der Waals surface area contributed by atoms with E-state index >= 15 is 0 Å². The Bertz CT molecular complexity index is 925. The van der Waals surface area contributed by atoms with Crippen LogP contribution in [0, 0.1) is 0 Å². The Balaban J connectivity index is 1.88. The number of pyridine rings is 1. The highest BCUT2D eigenvalue weighted by molar-refractivity contribution is 5.81. The molecule has 2 heterocycles. The number of hydrogen-bond acceptors (Lipinski definition) is 2. The van der Waals surface area contributed by atoms with Gasteiger partial charge >= 0.3 is 0 Å². The highest BCUT2D eigenvalue weighted by Crippen LogP contribution is 2.26. The monoisotopic (exact) mass is 285 g/mol. The van der Waals surface area contributed by atoms with Crippen molar-refractivity contribution < 1.29 is 0 Å². The number of benzene rings is 2. The summed E-state index contributed by atoms with van der Waals surface area (Å²) < 4.78 is 2.04. The van der Waals surface area contributed by atoms with Gasteiger partial charge in [-0.05, 0) is 11.6 Å². The number of rotatable bonds is 2. The predicted molar refractivity (Wildman–Crippen MR) is 89.4 cm³/mol. The molecule has 0 saturated carbocycles. The summed E-state index contributed by atoms with van der Waals surface area (Å²) in [5.74, 6) is 0.938. The molecule has 2 aromatic heterocycles. The second-order valence-electron chi connectivity index (χ2n) is 5.29. The summed E-state index contributed by atoms with van der Waals surface area (Å²) in [6.07, 6.45) is 1.91. The molecule has 4 rings (SSSR count). The smallest absolute Gasteiger partial charge is 0.160 e. The van der Waals surface area contributed by atoms with E-state index in [1.54, 1.807) is 0 Å². The lowest BCUT2D eigenvalue weighted by molar-refractivity contribution is 0.942. The van der Waals surface area contributed by atoms with Gasteiger partial charge in [0.15, 0.2) is 5.65 Å². The van der Waals surface area contributed by atoms with Crippen LogP contribution >= 0.6 is 0 Å². The summed E-state index contributed by atoms with van der Waals surface area (Å²) in [5.41, 5.74) is 5.17. The van der Waals surface area contributed by atoms with Gasteiger partial charge in [-0.15, -0.1) is 0 Å². The highest BCUT2D eigenvalue weighted by atomic mass is 15.1. The van der Waals surface area contributed by atoms with E-state index in [4.69, 9.17) is 4.98 Å². The minimum absolute atomic E-state index is 0.901. The van der Waals surface area contributed by atoms with Crippen molar-refractivity contribution >= 4 is 11.2 Å². The molecule has 0 atom stereocenters. The average molecular weight is 285 g/mol. The van der Waals surface area contributed by atoms with Crippen molar-refractivity contribution in [2.24, 2.45) is 7.05 Å². The van der Waals surface area contributed by atoms with Crippen LogP contribution in [-0.4, -0.2) is 14.5 Å². The van der Waals surface area contributed by atoms with Crippen LogP contribution in [0.1, 0.15) is 0 Å². The van der Waals surface area contributed by atoms with E-state index in [1.807, 2.05) is 54.2 Å². The predicted octanol–water partition coefficient (Wildman–Crippen LogP) is 4.30. The zero-order valence-corrected chi connectivity index (χ0v) is 12.3. The second-order valence-corrected chi connectivity index (χ2v) is 5.29. The minimum atomic E-state index is 0.901. The largest absolute Gasteiger partial charge is 0.312 e. The molecule has 0 fully saturated rings. The SMILES string of the molecule is Cn1c(-c2ccccc2)nc2cc(-c3ccccc3)cnc21. The maximum Gasteiger partial charge on any atom is 0.160 e. The molecule has 4 aromatic rings. The Morgan fingerprint density at radius 1 is 0.773 bits per heavy atom. The van der Waals surface area contributed by atoms with Crippen LogP contribution < -0.4 is 0 Å². The van der Waals surface area contributed by atoms with Crippen LogP contribution in [0.4, 0.5) is 0 Å². The quantitative estimate of drug-likeness (QED) is 0.549. The van der Waals surface area contributed by atoms with Crippen molar-refractivity contribution in [2.45, 2.75) is 0 Å². The molecule has 0 saturated heterocycles. The molecule has 0 aliphatic carbocycles. The molecule has 0 amide bonds. The zero-order chi connectivity index (χ0) is 14.9. The fraction of sp³-hybridized carbons (Fsp3) is 0.0526. The number of nitrogens with zero attached hydrogens (tertiary/aromatic N) is 3. The van der Waals surface area contributed by atoms with Gasteiger partial charge in [0.25, 0.3) is 0 Å². The van der Waals surface area contributed by atoms with Crippen LogP contribution in [0.5, 0.6) is 0 Å². The molecule has 106 valence electrons. The molecule has 0 spiro atoms. The lowest BCUT2D eigenvalue weighted by atomic mass is 10.1. The van der Waals surface area contributed by atoms with E-state index in [1.165, 1.54) is 0 Å². The van der Waals surface area contributed by atoms with Crippen molar-refractivity contribution in [3.05, 3.63) is 72.9 Å². The standard InChI is InChI=1S/C19H15N3/c1-22-18(15-10-6-3-7-11-15)21-17-12-16(13-20-19(17)22)14-8-4-2-5-9-14/h2-13H,1H3. The van der Waals surface area contributed by atoms with Gasteiger partial charge < -0.3 is 4.57 Å². The summed E-state index contributed by atoms with van der Waals surface area (Å²) >= 11 is 0. The number of hydrogen-bond donors (Lipinski definition) is 0. The number of aryl methyl sites for hydroxylation is 1. The molecular weight excluding hydrogens is 270 g/mol. The Hall–Kier alpha value is -2.94. The van der Waals surface area contributed by atoms with Crippen molar-refractivity contribution in [2.75, 3.05) is 0 Å². The maximum absolute atomic E-state index is 4.77. The van der Waals surface area contributed by atoms with Crippen molar-refractivity contribution in [3.63, 3.8) is 0 Å². The number of imidazole rings is 1. The molecule has 0 bridgehead atoms. The summed E-state index contributed by atoms with van der Waals surface area (Å²) in [4.78, 5) is 9.37. The van der Waals surface area contributed by atoms with E-state index < -0.39 is 0 Å². The molecule has 3 heteroatoms. The molecule has 0 radical (unpaired) electrons. The Morgan fingerprint density at radius 2 is 1.41 bits per heavy atom. The molecule has 0 N–H and O–H groups in total. The van der Waals surface area contributed by atoms with E-state index in [0.717, 1.165) is 33.7 Å². The number of fused-ring (bicyclic) bond motifs is 1. The lowest BCUT2D eigenvalue weighted by Gasteiger charge is -2.02. The van der Waals surface area contributed by atoms with Crippen molar-refractivity contribution in [1.82, 2.24) is 14.5 Å². The van der Waals surface area contributed by atoms with Gasteiger partial charge in [0.05, 0.1) is 0 Å². The molecule has 22 heavy (non-hydrogen) atoms. The molecular formula is C19H15N3. The summed E-state index contributed by atoms with van der Waals surface area (Å²) in [5, 5.41) is 0. The first kappa shape index (κ1) is 12.8. The van der Waals surface area contributed by atoms with Gasteiger partial charge in [0.2, 0.25) is 0 Å². The van der Waals surface area contributed by atoms with E-state index in [2.05, 4.69) is 35.3 Å². The number of aromatic nitrogens is 3. The van der Waals surface area contributed by atoms with E-state index in [9.17, 15) is 0 Å². The summed E-state index contributed by atoms with van der Waals surface area (Å²) in [6.45, 7) is 0. The third-order valence-electron chi connectivity index (χ3n) is 3.85. The van der Waals surface area contributed by atoms with Crippen LogP contribution in [0.25, 0.3) is 33.7 Å². The van der Waals surface area contributed by atoms with Crippen LogP contribution in [-0.2, 0) is 7.05 Å². The fourth-order valence-electron chi connectivity index (χ4n) is 2.71. The minimum Gasteiger partial charge on any atom is -0.312 e. The van der Waals surface area contributed by atoms with Gasteiger partial charge in [-0.2, -0.15) is 0 Å². The zero-order valence-electron chi connectivity index (χ0n) is 12.3. The van der Waals surface area contributed by atoms with Gasteiger partial charge in [-0.3, -0.25) is 0 Å². The average Bonchev–Trinajstić information content (AvgIpc) is 2.93. The van der Waals surface area contributed by atoms with Crippen LogP contribution in [0.2, 0.25) is 0 Å². The summed E-state index contributed by atoms with van der Waals surface area (Å²) in [6, 6.07) is 22.6. The summed E-state index contributed by atoms with van der Waals surface area (Å²) in [7, 11) is 2.01. The van der Waals surface area contributed by atoms with Gasteiger partial charge in [0, 0.05) is 24.4 Å². The van der Waals surface area contributed by atoms with Crippen molar-refractivity contribution in [3.8, 4) is 22.5 Å². The molecule has 0 unspecified atom stereocenters. The first-order valence-electron chi connectivity index (χ1n) is 7.26. The lowest BCUT2D eigenvalue weighted by Crippen LogP contribution is -1.93. The van der Waals surface area contributed by atoms with Gasteiger partial charge in [-0.1, -0.05) is 60.7 Å². The van der Waals surface area contributed by atoms with E-state index in [0.29, 0.717) is 0 Å². The topological polar surface area (TPSA) is 30.7 Å². The van der Waals surface area contributed by atoms with Crippen molar-refractivity contribution in [1.29, 1.82) is 0 Å². The van der Waals surface area contributed by atoms with Crippen LogP contribution in [0.3, 0.4) is 0 Å². The second kappa shape index (κ2) is 5.11. The molecule has 0 aliphatic rings. The Morgan fingerprint density at radius 3 is 2.09 bits per heavy atom. The fourth-order valence-corrected chi connectivity index (χ4v) is 2.71. The highest BCUT2D eigenvalue weighted by Gasteiger charge is 2.11. The molecule has 3 nitrogen and oxygen atoms in total. The molecule has 0 aliphatic heterocycles. The van der Waals surface area contributed by atoms with Gasteiger partial charge in [0.1, 0.15) is 11.3 Å². The van der Waals surface area contributed by atoms with E-state index in [-0.39, 0.29) is 0 Å². The third-order valence-corrected chi connectivity index (χ3v) is 3.85. The van der Waals surface area contributed by atoms with Gasteiger partial charge in [-0.25, -0.2) is 9.97 Å². The normalized spacial score (nSPS) is 11.0. The Kier molecular flexibility index (Phi) is 2.97. The maximum atomic E-state index is 4.77. The first-order valence-corrected chi connectivity index (χ1v) is 7.26. The van der Waals surface area contributed by atoms with Crippen LogP contribution in [0.15, 0.2) is 72.9 Å².